The number of nitrogens with zero attached hydrogens (tertiary/aromatic N) is 1. The lowest BCUT2D eigenvalue weighted by molar-refractivity contribution is 0.0305. The summed E-state index contributed by atoms with van der Waals surface area (Å²) in [5.74, 6) is 1.55. The fourth-order valence-electron chi connectivity index (χ4n) is 3.86. The van der Waals surface area contributed by atoms with E-state index in [0.717, 1.165) is 31.7 Å². The molecule has 3 rings (SSSR count). The van der Waals surface area contributed by atoms with Gasteiger partial charge in [-0.05, 0) is 37.4 Å². The Hall–Kier alpha value is -1.06. The van der Waals surface area contributed by atoms with Crippen molar-refractivity contribution < 1.29 is 9.84 Å². The van der Waals surface area contributed by atoms with Crippen LogP contribution in [0.15, 0.2) is 24.3 Å². The lowest BCUT2D eigenvalue weighted by Gasteiger charge is -2.35. The van der Waals surface area contributed by atoms with Crippen molar-refractivity contribution in [2.45, 2.75) is 50.2 Å². The first-order chi connectivity index (χ1) is 9.79. The van der Waals surface area contributed by atoms with Gasteiger partial charge in [0.05, 0.1) is 13.2 Å². The van der Waals surface area contributed by atoms with Crippen LogP contribution in [0.5, 0.6) is 5.75 Å². The molecular weight excluding hydrogens is 250 g/mol. The topological polar surface area (TPSA) is 32.7 Å². The van der Waals surface area contributed by atoms with E-state index in [0.29, 0.717) is 12.0 Å². The lowest BCUT2D eigenvalue weighted by Crippen LogP contribution is -2.44. The summed E-state index contributed by atoms with van der Waals surface area (Å²) in [4.78, 5) is 2.50. The van der Waals surface area contributed by atoms with Crippen molar-refractivity contribution in [3.8, 4) is 5.75 Å². The quantitative estimate of drug-likeness (QED) is 0.920. The number of para-hydroxylation sites is 1. The monoisotopic (exact) mass is 275 g/mol. The molecule has 1 heterocycles. The minimum Gasteiger partial charge on any atom is -0.496 e. The summed E-state index contributed by atoms with van der Waals surface area (Å²) in [6.07, 6.45) is 5.61. The Kier molecular flexibility index (Phi) is 4.27. The Labute approximate surface area is 121 Å². The SMILES string of the molecule is COc1ccccc1C1CCN(C2CCCCC2O)C1. The number of aliphatic hydroxyl groups is 1. The zero-order valence-electron chi connectivity index (χ0n) is 12.3. The van der Waals surface area contributed by atoms with E-state index < -0.39 is 0 Å². The van der Waals surface area contributed by atoms with E-state index >= 15 is 0 Å². The molecule has 3 heteroatoms. The molecule has 20 heavy (non-hydrogen) atoms. The second-order valence-electron chi connectivity index (χ2n) is 6.14. The molecule has 1 aliphatic heterocycles. The fourth-order valence-corrected chi connectivity index (χ4v) is 3.86. The standard InChI is InChI=1S/C17H25NO2/c1-20-17-9-5-2-6-14(17)13-10-11-18(12-13)15-7-3-4-8-16(15)19/h2,5-6,9,13,15-16,19H,3-4,7-8,10-12H2,1H3. The summed E-state index contributed by atoms with van der Waals surface area (Å²) in [5, 5.41) is 10.2. The molecule has 2 fully saturated rings. The summed E-state index contributed by atoms with van der Waals surface area (Å²) < 4.78 is 5.49. The molecule has 0 radical (unpaired) electrons. The van der Waals surface area contributed by atoms with Gasteiger partial charge in [0.2, 0.25) is 0 Å². The average Bonchev–Trinajstić information content (AvgIpc) is 2.97. The molecule has 1 saturated heterocycles. The Balaban J connectivity index is 1.70. The van der Waals surface area contributed by atoms with Gasteiger partial charge in [-0.1, -0.05) is 31.0 Å². The fraction of sp³-hybridized carbons (Fsp3) is 0.647. The number of ether oxygens (including phenoxy) is 1. The first kappa shape index (κ1) is 13.9. The molecule has 1 aliphatic carbocycles. The molecule has 0 aromatic heterocycles. The Morgan fingerprint density at radius 1 is 1.15 bits per heavy atom. The van der Waals surface area contributed by atoms with Crippen LogP contribution in [0.3, 0.4) is 0 Å². The van der Waals surface area contributed by atoms with Crippen LogP contribution in [-0.2, 0) is 0 Å². The smallest absolute Gasteiger partial charge is 0.122 e. The van der Waals surface area contributed by atoms with Crippen molar-refractivity contribution >= 4 is 0 Å². The molecule has 1 saturated carbocycles. The highest BCUT2D eigenvalue weighted by molar-refractivity contribution is 5.37. The Morgan fingerprint density at radius 3 is 2.75 bits per heavy atom. The molecular formula is C17H25NO2. The molecule has 2 aliphatic rings. The van der Waals surface area contributed by atoms with Crippen LogP contribution in [0.4, 0.5) is 0 Å². The van der Waals surface area contributed by atoms with Gasteiger partial charge >= 0.3 is 0 Å². The average molecular weight is 275 g/mol. The Bertz CT molecular complexity index is 448. The minimum absolute atomic E-state index is 0.125. The van der Waals surface area contributed by atoms with Gasteiger partial charge in [0.25, 0.3) is 0 Å². The summed E-state index contributed by atoms with van der Waals surface area (Å²) in [7, 11) is 1.75. The van der Waals surface area contributed by atoms with Crippen LogP contribution in [0.25, 0.3) is 0 Å². The normalized spacial score (nSPS) is 31.4. The maximum absolute atomic E-state index is 10.2. The molecule has 3 unspecified atom stereocenters. The second-order valence-corrected chi connectivity index (χ2v) is 6.14. The number of aliphatic hydroxyl groups excluding tert-OH is 1. The van der Waals surface area contributed by atoms with Crippen LogP contribution in [-0.4, -0.2) is 42.4 Å². The number of hydrogen-bond acceptors (Lipinski definition) is 3. The third-order valence-electron chi connectivity index (χ3n) is 4.96. The molecule has 3 nitrogen and oxygen atoms in total. The molecule has 0 amide bonds. The largest absolute Gasteiger partial charge is 0.496 e. The van der Waals surface area contributed by atoms with E-state index in [-0.39, 0.29) is 6.10 Å². The molecule has 0 bridgehead atoms. The molecule has 3 atom stereocenters. The molecule has 1 aromatic rings. The van der Waals surface area contributed by atoms with Gasteiger partial charge in [0.15, 0.2) is 0 Å². The van der Waals surface area contributed by atoms with E-state index in [9.17, 15) is 5.11 Å². The predicted octanol–water partition coefficient (Wildman–Crippen LogP) is 2.79. The zero-order valence-corrected chi connectivity index (χ0v) is 12.3. The summed E-state index contributed by atoms with van der Waals surface area (Å²) in [5.41, 5.74) is 1.32. The molecule has 1 aromatic carbocycles. The second kappa shape index (κ2) is 6.15. The van der Waals surface area contributed by atoms with Crippen molar-refractivity contribution in [3.63, 3.8) is 0 Å². The van der Waals surface area contributed by atoms with E-state index in [4.69, 9.17) is 4.74 Å². The van der Waals surface area contributed by atoms with Gasteiger partial charge < -0.3 is 9.84 Å². The van der Waals surface area contributed by atoms with E-state index in [2.05, 4.69) is 17.0 Å². The number of likely N-dealkylation sites (tertiary alicyclic amines) is 1. The third kappa shape index (κ3) is 2.70. The van der Waals surface area contributed by atoms with Crippen molar-refractivity contribution in [2.24, 2.45) is 0 Å². The van der Waals surface area contributed by atoms with E-state index in [1.807, 2.05) is 12.1 Å². The van der Waals surface area contributed by atoms with Crippen LogP contribution >= 0.6 is 0 Å². The number of methoxy groups -OCH3 is 1. The third-order valence-corrected chi connectivity index (χ3v) is 4.96. The van der Waals surface area contributed by atoms with E-state index in [1.165, 1.54) is 24.8 Å². The number of hydrogen-bond donors (Lipinski definition) is 1. The van der Waals surface area contributed by atoms with Crippen LogP contribution < -0.4 is 4.74 Å². The first-order valence-electron chi connectivity index (χ1n) is 7.84. The maximum Gasteiger partial charge on any atom is 0.122 e. The molecule has 1 N–H and O–H groups in total. The van der Waals surface area contributed by atoms with Gasteiger partial charge in [-0.15, -0.1) is 0 Å². The maximum atomic E-state index is 10.2. The van der Waals surface area contributed by atoms with Crippen molar-refractivity contribution in [3.05, 3.63) is 29.8 Å². The minimum atomic E-state index is -0.125. The highest BCUT2D eigenvalue weighted by Gasteiger charge is 2.34. The molecule has 110 valence electrons. The van der Waals surface area contributed by atoms with Crippen LogP contribution in [0.1, 0.15) is 43.6 Å². The number of benzene rings is 1. The highest BCUT2D eigenvalue weighted by Crippen LogP contribution is 2.36. The van der Waals surface area contributed by atoms with Crippen LogP contribution in [0.2, 0.25) is 0 Å². The van der Waals surface area contributed by atoms with Gasteiger partial charge in [-0.2, -0.15) is 0 Å². The van der Waals surface area contributed by atoms with E-state index in [1.54, 1.807) is 7.11 Å². The van der Waals surface area contributed by atoms with Gasteiger partial charge in [0.1, 0.15) is 5.75 Å². The molecule has 0 spiro atoms. The summed E-state index contributed by atoms with van der Waals surface area (Å²) in [6.45, 7) is 2.16. The Morgan fingerprint density at radius 2 is 1.95 bits per heavy atom. The van der Waals surface area contributed by atoms with Gasteiger partial charge in [-0.25, -0.2) is 0 Å². The highest BCUT2D eigenvalue weighted by atomic mass is 16.5. The first-order valence-corrected chi connectivity index (χ1v) is 7.84. The summed E-state index contributed by atoms with van der Waals surface area (Å²) >= 11 is 0. The number of rotatable bonds is 3. The van der Waals surface area contributed by atoms with Crippen molar-refractivity contribution in [1.29, 1.82) is 0 Å². The van der Waals surface area contributed by atoms with Crippen molar-refractivity contribution in [1.82, 2.24) is 4.90 Å². The van der Waals surface area contributed by atoms with Gasteiger partial charge in [0, 0.05) is 18.5 Å². The van der Waals surface area contributed by atoms with Crippen molar-refractivity contribution in [2.75, 3.05) is 20.2 Å². The zero-order chi connectivity index (χ0) is 13.9. The van der Waals surface area contributed by atoms with Gasteiger partial charge in [-0.3, -0.25) is 4.90 Å². The predicted molar refractivity (Wildman–Crippen MR) is 80.2 cm³/mol. The summed E-state index contributed by atoms with van der Waals surface area (Å²) in [6, 6.07) is 8.73. The lowest BCUT2D eigenvalue weighted by atomic mass is 9.91. The van der Waals surface area contributed by atoms with Crippen LogP contribution in [0, 0.1) is 0 Å².